The van der Waals surface area contributed by atoms with Crippen molar-refractivity contribution in [3.8, 4) is 5.69 Å². The molecule has 114 valence electrons. The van der Waals surface area contributed by atoms with Crippen LogP contribution in [0.5, 0.6) is 0 Å². The molecule has 0 spiro atoms. The molecule has 0 saturated heterocycles. The zero-order valence-corrected chi connectivity index (χ0v) is 13.2. The summed E-state index contributed by atoms with van der Waals surface area (Å²) >= 11 is 1.51. The lowest BCUT2D eigenvalue weighted by Crippen LogP contribution is -2.05. The zero-order valence-electron chi connectivity index (χ0n) is 12.4. The Bertz CT molecular complexity index is 733. The smallest absolute Gasteiger partial charge is 0.214 e. The van der Waals surface area contributed by atoms with Crippen LogP contribution < -0.4 is 0 Å². The van der Waals surface area contributed by atoms with Crippen LogP contribution >= 0.6 is 11.8 Å². The molecule has 2 heterocycles. The van der Waals surface area contributed by atoms with E-state index in [1.54, 1.807) is 4.68 Å². The second-order valence-corrected chi connectivity index (χ2v) is 5.76. The number of hydrogen-bond donors (Lipinski definition) is 0. The van der Waals surface area contributed by atoms with Crippen molar-refractivity contribution in [3.63, 3.8) is 0 Å². The first-order chi connectivity index (χ1) is 10.8. The quantitative estimate of drug-likeness (QED) is 0.639. The van der Waals surface area contributed by atoms with Gasteiger partial charge in [0.2, 0.25) is 5.16 Å². The van der Waals surface area contributed by atoms with E-state index >= 15 is 0 Å². The van der Waals surface area contributed by atoms with Crippen molar-refractivity contribution in [1.82, 2.24) is 40.4 Å². The number of thioether (sulfide) groups is 1. The first-order valence-corrected chi connectivity index (χ1v) is 7.99. The standard InChI is InChI=1S/C13H16N8S/c1-3-8-20-12(14-16-18-20)9-22-13-15-17-19-21(13)11-6-4-10(2)5-7-11/h4-7H,3,8-9H2,1-2H3. The lowest BCUT2D eigenvalue weighted by molar-refractivity contribution is 0.564. The van der Waals surface area contributed by atoms with Gasteiger partial charge < -0.3 is 0 Å². The molecule has 1 aromatic carbocycles. The van der Waals surface area contributed by atoms with Crippen LogP contribution in [0.3, 0.4) is 0 Å². The number of tetrazole rings is 2. The van der Waals surface area contributed by atoms with Gasteiger partial charge in [0.25, 0.3) is 0 Å². The minimum absolute atomic E-state index is 0.624. The third-order valence-corrected chi connectivity index (χ3v) is 4.01. The van der Waals surface area contributed by atoms with Crippen LogP contribution in [0.15, 0.2) is 29.4 Å². The predicted molar refractivity (Wildman–Crippen MR) is 81.6 cm³/mol. The second kappa shape index (κ2) is 6.65. The monoisotopic (exact) mass is 316 g/mol. The second-order valence-electron chi connectivity index (χ2n) is 4.82. The van der Waals surface area contributed by atoms with E-state index in [0.717, 1.165) is 29.6 Å². The number of aromatic nitrogens is 8. The summed E-state index contributed by atoms with van der Waals surface area (Å²) in [5.74, 6) is 1.45. The average molecular weight is 316 g/mol. The van der Waals surface area contributed by atoms with E-state index in [2.05, 4.69) is 38.0 Å². The minimum atomic E-state index is 0.624. The summed E-state index contributed by atoms with van der Waals surface area (Å²) in [6.45, 7) is 4.95. The van der Waals surface area contributed by atoms with Crippen molar-refractivity contribution in [2.75, 3.05) is 0 Å². The molecule has 0 fully saturated rings. The Morgan fingerprint density at radius 3 is 2.59 bits per heavy atom. The molecule has 0 radical (unpaired) electrons. The summed E-state index contributed by atoms with van der Waals surface area (Å²) in [5, 5.41) is 24.4. The van der Waals surface area contributed by atoms with Crippen molar-refractivity contribution in [3.05, 3.63) is 35.7 Å². The lowest BCUT2D eigenvalue weighted by Gasteiger charge is -2.05. The van der Waals surface area contributed by atoms with Crippen molar-refractivity contribution >= 4 is 11.8 Å². The Kier molecular flexibility index (Phi) is 4.42. The third-order valence-electron chi connectivity index (χ3n) is 3.09. The highest BCUT2D eigenvalue weighted by atomic mass is 32.2. The average Bonchev–Trinajstić information content (AvgIpc) is 3.15. The van der Waals surface area contributed by atoms with Crippen LogP contribution in [0.4, 0.5) is 0 Å². The number of benzene rings is 1. The van der Waals surface area contributed by atoms with Crippen molar-refractivity contribution < 1.29 is 0 Å². The lowest BCUT2D eigenvalue weighted by atomic mass is 10.2. The fourth-order valence-corrected chi connectivity index (χ4v) is 2.78. The normalized spacial score (nSPS) is 11.0. The Balaban J connectivity index is 1.75. The number of aryl methyl sites for hydroxylation is 2. The van der Waals surface area contributed by atoms with E-state index in [-0.39, 0.29) is 0 Å². The highest BCUT2D eigenvalue weighted by Gasteiger charge is 2.12. The predicted octanol–water partition coefficient (Wildman–Crippen LogP) is 1.66. The zero-order chi connectivity index (χ0) is 15.4. The largest absolute Gasteiger partial charge is 0.229 e. The highest BCUT2D eigenvalue weighted by Crippen LogP contribution is 2.21. The van der Waals surface area contributed by atoms with Gasteiger partial charge in [-0.3, -0.25) is 0 Å². The van der Waals surface area contributed by atoms with Gasteiger partial charge in [0, 0.05) is 6.54 Å². The minimum Gasteiger partial charge on any atom is -0.229 e. The van der Waals surface area contributed by atoms with Gasteiger partial charge in [0.05, 0.1) is 11.4 Å². The van der Waals surface area contributed by atoms with Crippen molar-refractivity contribution in [2.24, 2.45) is 0 Å². The first kappa shape index (κ1) is 14.6. The molecule has 0 saturated carbocycles. The molecular formula is C13H16N8S. The van der Waals surface area contributed by atoms with Gasteiger partial charge in [0.15, 0.2) is 5.82 Å². The molecule has 0 N–H and O–H groups in total. The van der Waals surface area contributed by atoms with E-state index in [4.69, 9.17) is 0 Å². The number of hydrogen-bond acceptors (Lipinski definition) is 7. The molecule has 0 unspecified atom stereocenters. The van der Waals surface area contributed by atoms with Gasteiger partial charge in [0.1, 0.15) is 0 Å². The van der Waals surface area contributed by atoms with Crippen LogP contribution in [0.2, 0.25) is 0 Å². The Hall–Kier alpha value is -2.29. The third kappa shape index (κ3) is 3.14. The van der Waals surface area contributed by atoms with Crippen LogP contribution in [-0.2, 0) is 12.3 Å². The first-order valence-electron chi connectivity index (χ1n) is 7.01. The topological polar surface area (TPSA) is 87.2 Å². The molecule has 0 aliphatic carbocycles. The molecule has 0 aliphatic heterocycles. The maximum absolute atomic E-state index is 4.08. The fourth-order valence-electron chi connectivity index (χ4n) is 1.96. The summed E-state index contributed by atoms with van der Waals surface area (Å²) in [6.07, 6.45) is 0.990. The Morgan fingerprint density at radius 2 is 1.82 bits per heavy atom. The molecule has 8 nitrogen and oxygen atoms in total. The molecular weight excluding hydrogens is 300 g/mol. The highest BCUT2D eigenvalue weighted by molar-refractivity contribution is 7.98. The van der Waals surface area contributed by atoms with Gasteiger partial charge in [-0.25, -0.2) is 4.68 Å². The molecule has 22 heavy (non-hydrogen) atoms. The van der Waals surface area contributed by atoms with Gasteiger partial charge in [-0.1, -0.05) is 36.4 Å². The van der Waals surface area contributed by atoms with E-state index in [9.17, 15) is 0 Å². The van der Waals surface area contributed by atoms with E-state index in [1.165, 1.54) is 17.3 Å². The maximum atomic E-state index is 4.08. The van der Waals surface area contributed by atoms with Gasteiger partial charge in [-0.2, -0.15) is 4.68 Å². The molecule has 0 bridgehead atoms. The molecule has 2 aromatic heterocycles. The molecule has 0 atom stereocenters. The van der Waals surface area contributed by atoms with Crippen molar-refractivity contribution in [2.45, 2.75) is 37.7 Å². The SMILES string of the molecule is CCCn1nnnc1CSc1nnnn1-c1ccc(C)cc1. The summed E-state index contributed by atoms with van der Waals surface area (Å²) in [5.41, 5.74) is 2.14. The van der Waals surface area contributed by atoms with Crippen LogP contribution in [0.1, 0.15) is 24.7 Å². The van der Waals surface area contributed by atoms with E-state index in [0.29, 0.717) is 5.75 Å². The van der Waals surface area contributed by atoms with Crippen LogP contribution in [0.25, 0.3) is 5.69 Å². The molecule has 9 heteroatoms. The van der Waals surface area contributed by atoms with Gasteiger partial charge >= 0.3 is 0 Å². The number of nitrogens with zero attached hydrogens (tertiary/aromatic N) is 8. The van der Waals surface area contributed by atoms with Crippen LogP contribution in [0, 0.1) is 6.92 Å². The maximum Gasteiger partial charge on any atom is 0.214 e. The van der Waals surface area contributed by atoms with Crippen LogP contribution in [-0.4, -0.2) is 40.4 Å². The molecule has 0 amide bonds. The fraction of sp³-hybridized carbons (Fsp3) is 0.385. The Labute approximate surface area is 131 Å². The molecule has 0 aliphatic rings. The van der Waals surface area contributed by atoms with E-state index in [1.807, 2.05) is 35.9 Å². The summed E-state index contributed by atoms with van der Waals surface area (Å²) in [7, 11) is 0. The summed E-state index contributed by atoms with van der Waals surface area (Å²) < 4.78 is 3.53. The van der Waals surface area contributed by atoms with E-state index < -0.39 is 0 Å². The number of rotatable bonds is 6. The van der Waals surface area contributed by atoms with Gasteiger partial charge in [-0.15, -0.1) is 10.2 Å². The van der Waals surface area contributed by atoms with Crippen molar-refractivity contribution in [1.29, 1.82) is 0 Å². The Morgan fingerprint density at radius 1 is 1.05 bits per heavy atom. The molecule has 3 rings (SSSR count). The summed E-state index contributed by atoms with van der Waals surface area (Å²) in [6, 6.07) is 8.06. The van der Waals surface area contributed by atoms with Gasteiger partial charge in [-0.05, 0) is 46.3 Å². The molecule has 3 aromatic rings. The summed E-state index contributed by atoms with van der Waals surface area (Å²) in [4.78, 5) is 0.